The van der Waals surface area contributed by atoms with Gasteiger partial charge in [-0.15, -0.1) is 0 Å². The molecule has 0 fully saturated rings. The van der Waals surface area contributed by atoms with Gasteiger partial charge in [-0.2, -0.15) is 0 Å². The summed E-state index contributed by atoms with van der Waals surface area (Å²) in [5.74, 6) is 0.388. The highest BCUT2D eigenvalue weighted by atomic mass is 16.5. The zero-order valence-electron chi connectivity index (χ0n) is 9.03. The Morgan fingerprint density at radius 3 is 2.53 bits per heavy atom. The topological polar surface area (TPSA) is 52.3 Å². The molecule has 1 rings (SSSR count). The van der Waals surface area contributed by atoms with Crippen LogP contribution < -0.4 is 10.5 Å². The second-order valence-corrected chi connectivity index (χ2v) is 3.50. The molecular formula is C12H17NO2. The molecular weight excluding hydrogens is 190 g/mol. The summed E-state index contributed by atoms with van der Waals surface area (Å²) in [6, 6.07) is 6.84. The van der Waals surface area contributed by atoms with E-state index in [-0.39, 0.29) is 5.97 Å². The number of anilines is 1. The van der Waals surface area contributed by atoms with Crippen LogP contribution in [0.1, 0.15) is 32.6 Å². The third-order valence-corrected chi connectivity index (χ3v) is 2.10. The van der Waals surface area contributed by atoms with Crippen LogP contribution in [0.3, 0.4) is 0 Å². The summed E-state index contributed by atoms with van der Waals surface area (Å²) in [6.45, 7) is 2.10. The first-order chi connectivity index (χ1) is 7.22. The predicted octanol–water partition coefficient (Wildman–Crippen LogP) is 2.75. The van der Waals surface area contributed by atoms with Crippen molar-refractivity contribution in [1.29, 1.82) is 0 Å². The van der Waals surface area contributed by atoms with E-state index < -0.39 is 0 Å². The van der Waals surface area contributed by atoms with Crippen molar-refractivity contribution in [3.8, 4) is 5.75 Å². The maximum atomic E-state index is 11.3. The first-order valence-corrected chi connectivity index (χ1v) is 5.28. The number of ether oxygens (including phenoxy) is 1. The number of rotatable bonds is 5. The Hall–Kier alpha value is -1.51. The summed E-state index contributed by atoms with van der Waals surface area (Å²) >= 11 is 0. The fraction of sp³-hybridized carbons (Fsp3) is 0.417. The van der Waals surface area contributed by atoms with E-state index in [0.717, 1.165) is 19.3 Å². The monoisotopic (exact) mass is 207 g/mol. The fourth-order valence-corrected chi connectivity index (χ4v) is 1.24. The summed E-state index contributed by atoms with van der Waals surface area (Å²) in [6.07, 6.45) is 3.55. The van der Waals surface area contributed by atoms with E-state index in [0.29, 0.717) is 17.9 Å². The van der Waals surface area contributed by atoms with Gasteiger partial charge in [-0.1, -0.05) is 19.8 Å². The Morgan fingerprint density at radius 2 is 1.93 bits per heavy atom. The SMILES string of the molecule is CCCCCC(=O)Oc1ccc(N)cc1. The Bertz CT molecular complexity index is 306. The molecule has 0 bridgehead atoms. The smallest absolute Gasteiger partial charge is 0.311 e. The molecule has 0 aromatic heterocycles. The van der Waals surface area contributed by atoms with Gasteiger partial charge in [0.2, 0.25) is 0 Å². The molecule has 0 saturated carbocycles. The molecule has 2 N–H and O–H groups in total. The third kappa shape index (κ3) is 4.49. The molecule has 0 atom stereocenters. The van der Waals surface area contributed by atoms with E-state index >= 15 is 0 Å². The lowest BCUT2D eigenvalue weighted by Crippen LogP contribution is -2.07. The number of benzene rings is 1. The van der Waals surface area contributed by atoms with Crippen molar-refractivity contribution in [2.24, 2.45) is 0 Å². The first kappa shape index (κ1) is 11.6. The number of esters is 1. The number of unbranched alkanes of at least 4 members (excludes halogenated alkanes) is 2. The van der Waals surface area contributed by atoms with E-state index in [1.165, 1.54) is 0 Å². The minimum Gasteiger partial charge on any atom is -0.427 e. The van der Waals surface area contributed by atoms with Crippen molar-refractivity contribution in [3.05, 3.63) is 24.3 Å². The number of hydrogen-bond donors (Lipinski definition) is 1. The molecule has 0 unspecified atom stereocenters. The quantitative estimate of drug-likeness (QED) is 0.349. The van der Waals surface area contributed by atoms with E-state index in [1.54, 1.807) is 24.3 Å². The molecule has 1 aromatic rings. The molecule has 0 spiro atoms. The van der Waals surface area contributed by atoms with Crippen LogP contribution >= 0.6 is 0 Å². The van der Waals surface area contributed by atoms with Crippen molar-refractivity contribution in [3.63, 3.8) is 0 Å². The second-order valence-electron chi connectivity index (χ2n) is 3.50. The maximum Gasteiger partial charge on any atom is 0.311 e. The highest BCUT2D eigenvalue weighted by Gasteiger charge is 2.03. The van der Waals surface area contributed by atoms with Gasteiger partial charge in [0.05, 0.1) is 0 Å². The summed E-state index contributed by atoms with van der Waals surface area (Å²) in [4.78, 5) is 11.3. The van der Waals surface area contributed by atoms with Gasteiger partial charge in [0.25, 0.3) is 0 Å². The van der Waals surface area contributed by atoms with Crippen LogP contribution in [-0.4, -0.2) is 5.97 Å². The molecule has 3 nitrogen and oxygen atoms in total. The average molecular weight is 207 g/mol. The lowest BCUT2D eigenvalue weighted by molar-refractivity contribution is -0.134. The molecule has 82 valence electrons. The fourth-order valence-electron chi connectivity index (χ4n) is 1.24. The van der Waals surface area contributed by atoms with Crippen molar-refractivity contribution >= 4 is 11.7 Å². The van der Waals surface area contributed by atoms with Gasteiger partial charge < -0.3 is 10.5 Å². The van der Waals surface area contributed by atoms with Crippen LogP contribution in [0.5, 0.6) is 5.75 Å². The standard InChI is InChI=1S/C12H17NO2/c1-2-3-4-5-12(14)15-11-8-6-10(13)7-9-11/h6-9H,2-5,13H2,1H3. The normalized spacial score (nSPS) is 9.93. The Kier molecular flexibility index (Phi) is 4.68. The third-order valence-electron chi connectivity index (χ3n) is 2.10. The molecule has 0 amide bonds. The molecule has 1 aromatic carbocycles. The highest BCUT2D eigenvalue weighted by Crippen LogP contribution is 2.14. The summed E-state index contributed by atoms with van der Waals surface area (Å²) in [5.41, 5.74) is 6.18. The molecule has 0 heterocycles. The van der Waals surface area contributed by atoms with Gasteiger partial charge in [0.1, 0.15) is 5.75 Å². The van der Waals surface area contributed by atoms with Gasteiger partial charge in [0.15, 0.2) is 0 Å². The number of carbonyl (C=O) groups is 1. The zero-order valence-corrected chi connectivity index (χ0v) is 9.03. The lowest BCUT2D eigenvalue weighted by Gasteiger charge is -2.03. The van der Waals surface area contributed by atoms with E-state index in [2.05, 4.69) is 6.92 Å². The highest BCUT2D eigenvalue weighted by molar-refractivity contribution is 5.72. The number of nitrogen functional groups attached to an aromatic ring is 1. The van der Waals surface area contributed by atoms with Crippen LogP contribution in [-0.2, 0) is 4.79 Å². The predicted molar refractivity (Wildman–Crippen MR) is 60.6 cm³/mol. The van der Waals surface area contributed by atoms with E-state index in [4.69, 9.17) is 10.5 Å². The molecule has 0 aliphatic rings. The second kappa shape index (κ2) is 6.06. The average Bonchev–Trinajstić information content (AvgIpc) is 2.22. The van der Waals surface area contributed by atoms with Gasteiger partial charge in [-0.3, -0.25) is 4.79 Å². The van der Waals surface area contributed by atoms with Crippen molar-refractivity contribution in [2.75, 3.05) is 5.73 Å². The summed E-state index contributed by atoms with van der Waals surface area (Å²) in [7, 11) is 0. The summed E-state index contributed by atoms with van der Waals surface area (Å²) < 4.78 is 5.12. The van der Waals surface area contributed by atoms with Gasteiger partial charge >= 0.3 is 5.97 Å². The summed E-state index contributed by atoms with van der Waals surface area (Å²) in [5, 5.41) is 0. The Balaban J connectivity index is 2.34. The Labute approximate surface area is 90.2 Å². The van der Waals surface area contributed by atoms with Crippen LogP contribution in [0.25, 0.3) is 0 Å². The van der Waals surface area contributed by atoms with Crippen molar-refractivity contribution in [1.82, 2.24) is 0 Å². The van der Waals surface area contributed by atoms with Crippen LogP contribution in [0, 0.1) is 0 Å². The number of hydrogen-bond acceptors (Lipinski definition) is 3. The van der Waals surface area contributed by atoms with E-state index in [1.807, 2.05) is 0 Å². The molecule has 0 radical (unpaired) electrons. The van der Waals surface area contributed by atoms with Crippen molar-refractivity contribution in [2.45, 2.75) is 32.6 Å². The lowest BCUT2D eigenvalue weighted by atomic mass is 10.2. The first-order valence-electron chi connectivity index (χ1n) is 5.28. The van der Waals surface area contributed by atoms with Gasteiger partial charge in [-0.05, 0) is 30.7 Å². The van der Waals surface area contributed by atoms with Crippen LogP contribution in [0.2, 0.25) is 0 Å². The minimum absolute atomic E-state index is 0.173. The molecule has 0 aliphatic heterocycles. The molecule has 3 heteroatoms. The Morgan fingerprint density at radius 1 is 1.27 bits per heavy atom. The number of carbonyl (C=O) groups excluding carboxylic acids is 1. The maximum absolute atomic E-state index is 11.3. The van der Waals surface area contributed by atoms with Crippen LogP contribution in [0.4, 0.5) is 5.69 Å². The number of nitrogens with two attached hydrogens (primary N) is 1. The zero-order chi connectivity index (χ0) is 11.1. The van der Waals surface area contributed by atoms with Gasteiger partial charge in [0, 0.05) is 12.1 Å². The largest absolute Gasteiger partial charge is 0.427 e. The minimum atomic E-state index is -0.173. The molecule has 0 saturated heterocycles. The molecule has 0 aliphatic carbocycles. The molecule has 15 heavy (non-hydrogen) atoms. The van der Waals surface area contributed by atoms with Gasteiger partial charge in [-0.25, -0.2) is 0 Å². The van der Waals surface area contributed by atoms with Crippen molar-refractivity contribution < 1.29 is 9.53 Å². The van der Waals surface area contributed by atoms with E-state index in [9.17, 15) is 4.79 Å². The van der Waals surface area contributed by atoms with Crippen LogP contribution in [0.15, 0.2) is 24.3 Å².